The first-order valence-electron chi connectivity index (χ1n) is 5.35. The largest absolute Gasteiger partial charge is 0.464 e. The molecule has 20 heavy (non-hydrogen) atoms. The van der Waals surface area contributed by atoms with Gasteiger partial charge in [0, 0.05) is 14.2 Å². The monoisotopic (exact) mass is 280 g/mol. The van der Waals surface area contributed by atoms with Crippen molar-refractivity contribution < 1.29 is 19.1 Å². The van der Waals surface area contributed by atoms with Crippen molar-refractivity contribution in [2.75, 3.05) is 21.3 Å². The van der Waals surface area contributed by atoms with E-state index in [-0.39, 0.29) is 28.9 Å². The van der Waals surface area contributed by atoms with Crippen LogP contribution in [0.1, 0.15) is 26.5 Å². The van der Waals surface area contributed by atoms with Crippen LogP contribution in [-0.4, -0.2) is 45.3 Å². The number of rotatable bonds is 4. The maximum atomic E-state index is 11.8. The van der Waals surface area contributed by atoms with Gasteiger partial charge in [-0.25, -0.2) is 4.79 Å². The quantitative estimate of drug-likeness (QED) is 0.508. The molecule has 0 amide bonds. The fraction of sp³-hybridized carbons (Fsp3) is 0.231. The van der Waals surface area contributed by atoms with Gasteiger partial charge in [-0.15, -0.1) is 0 Å². The lowest BCUT2D eigenvalue weighted by Crippen LogP contribution is -2.19. The number of aromatic nitrogens is 1. The molecule has 1 aromatic heterocycles. The van der Waals surface area contributed by atoms with E-state index in [0.29, 0.717) is 0 Å². The molecule has 0 radical (unpaired) electrons. The number of nitrogens with one attached hydrogen (secondary N) is 1. The zero-order chi connectivity index (χ0) is 15.7. The fourth-order valence-corrected chi connectivity index (χ4v) is 1.30. The Bertz CT molecular complexity index is 575. The number of methoxy groups -OCH3 is 2. The number of ether oxygens (including phenoxy) is 2. The van der Waals surface area contributed by atoms with Crippen molar-refractivity contribution in [3.05, 3.63) is 33.8 Å². The highest BCUT2D eigenvalue weighted by Gasteiger charge is 2.19. The van der Waals surface area contributed by atoms with Crippen LogP contribution in [0.15, 0.2) is 16.4 Å². The average molecular weight is 280 g/mol. The number of esters is 1. The van der Waals surface area contributed by atoms with E-state index in [2.05, 4.69) is 32.7 Å². The molecule has 0 unspecified atom stereocenters. The Morgan fingerprint density at radius 1 is 1.35 bits per heavy atom. The number of aromatic amines is 1. The Kier molecular flexibility index (Phi) is 7.46. The van der Waals surface area contributed by atoms with Gasteiger partial charge in [-0.2, -0.15) is 0 Å². The highest BCUT2D eigenvalue weighted by Crippen LogP contribution is 2.15. The Morgan fingerprint density at radius 2 is 1.90 bits per heavy atom. The molecule has 1 N–H and O–H groups in total. The van der Waals surface area contributed by atoms with Gasteiger partial charge in [0.25, 0.3) is 0 Å². The zero-order valence-electron chi connectivity index (χ0n) is 11.6. The summed E-state index contributed by atoms with van der Waals surface area (Å²) < 4.78 is 8.71. The number of H-pyrrole nitrogens is 1. The van der Waals surface area contributed by atoms with Crippen molar-refractivity contribution in [2.24, 2.45) is 4.99 Å². The van der Waals surface area contributed by atoms with E-state index in [9.17, 15) is 14.4 Å². The second-order valence-corrected chi connectivity index (χ2v) is 3.39. The summed E-state index contributed by atoms with van der Waals surface area (Å²) in [5.41, 5.74) is -1.12. The molecular formula is C13H16N2O5. The number of hydrogen-bond donors (Lipinski definition) is 1. The Hall–Kier alpha value is -2.54. The minimum atomic E-state index is -0.817. The maximum absolute atomic E-state index is 11.8. The smallest absolute Gasteiger partial charge is 0.355 e. The van der Waals surface area contributed by atoms with Crippen LogP contribution in [0.5, 0.6) is 0 Å². The minimum absolute atomic E-state index is 0.0604. The molecule has 1 rings (SSSR count). The molecule has 0 aliphatic rings. The molecule has 0 aromatic carbocycles. The summed E-state index contributed by atoms with van der Waals surface area (Å²) in [4.78, 5) is 40.1. The number of hydrogen-bond acceptors (Lipinski definition) is 6. The summed E-state index contributed by atoms with van der Waals surface area (Å²) in [6.45, 7) is 6.68. The first-order valence-corrected chi connectivity index (χ1v) is 5.35. The SMILES string of the molecule is C=Cc1[nH]c(C(=O)OC)c(C=O)c(=O)c1N=C.COC. The van der Waals surface area contributed by atoms with Crippen LogP contribution in [0.2, 0.25) is 0 Å². The second-order valence-electron chi connectivity index (χ2n) is 3.39. The van der Waals surface area contributed by atoms with Crippen molar-refractivity contribution in [1.82, 2.24) is 4.98 Å². The second kappa shape index (κ2) is 8.54. The molecule has 1 heterocycles. The predicted molar refractivity (Wildman–Crippen MR) is 76.0 cm³/mol. The lowest BCUT2D eigenvalue weighted by molar-refractivity contribution is 0.0591. The molecule has 0 atom stereocenters. The summed E-state index contributed by atoms with van der Waals surface area (Å²) >= 11 is 0. The Morgan fingerprint density at radius 3 is 2.25 bits per heavy atom. The predicted octanol–water partition coefficient (Wildman–Crippen LogP) is 1.21. The number of carbonyl (C=O) groups excluding carboxylic acids is 2. The molecule has 0 saturated heterocycles. The lowest BCUT2D eigenvalue weighted by atomic mass is 10.1. The van der Waals surface area contributed by atoms with E-state index in [1.807, 2.05) is 0 Å². The lowest BCUT2D eigenvalue weighted by Gasteiger charge is -2.06. The highest BCUT2D eigenvalue weighted by molar-refractivity contribution is 5.97. The van der Waals surface area contributed by atoms with E-state index in [1.165, 1.54) is 6.08 Å². The molecule has 0 fully saturated rings. The number of nitrogens with zero attached hydrogens (tertiary/aromatic N) is 1. The zero-order valence-corrected chi connectivity index (χ0v) is 11.6. The van der Waals surface area contributed by atoms with E-state index in [1.54, 1.807) is 14.2 Å². The van der Waals surface area contributed by atoms with Crippen LogP contribution >= 0.6 is 0 Å². The topological polar surface area (TPSA) is 97.8 Å². The van der Waals surface area contributed by atoms with Crippen LogP contribution in [-0.2, 0) is 9.47 Å². The van der Waals surface area contributed by atoms with Crippen molar-refractivity contribution in [3.8, 4) is 0 Å². The fourth-order valence-electron chi connectivity index (χ4n) is 1.30. The number of aliphatic imine (C=N–C) groups is 1. The van der Waals surface area contributed by atoms with Crippen LogP contribution < -0.4 is 5.43 Å². The third-order valence-electron chi connectivity index (χ3n) is 2.11. The number of aldehydes is 1. The summed E-state index contributed by atoms with van der Waals surface area (Å²) in [5, 5.41) is 0. The Balaban J connectivity index is 0.00000110. The van der Waals surface area contributed by atoms with Crippen LogP contribution in [0.25, 0.3) is 6.08 Å². The molecule has 0 saturated carbocycles. The van der Waals surface area contributed by atoms with Gasteiger partial charge in [-0.1, -0.05) is 6.58 Å². The third-order valence-corrected chi connectivity index (χ3v) is 2.11. The minimum Gasteiger partial charge on any atom is -0.464 e. The summed E-state index contributed by atoms with van der Waals surface area (Å²) in [5.74, 6) is -0.817. The van der Waals surface area contributed by atoms with Crippen molar-refractivity contribution in [2.45, 2.75) is 0 Å². The van der Waals surface area contributed by atoms with Gasteiger partial charge < -0.3 is 14.5 Å². The van der Waals surface area contributed by atoms with Gasteiger partial charge in [0.15, 0.2) is 6.29 Å². The van der Waals surface area contributed by atoms with E-state index >= 15 is 0 Å². The third kappa shape index (κ3) is 3.72. The molecule has 7 nitrogen and oxygen atoms in total. The van der Waals surface area contributed by atoms with E-state index in [4.69, 9.17) is 0 Å². The molecule has 0 aliphatic carbocycles. The molecule has 0 aliphatic heterocycles. The van der Waals surface area contributed by atoms with Gasteiger partial charge in [0.1, 0.15) is 11.4 Å². The summed E-state index contributed by atoms with van der Waals surface area (Å²) in [6, 6.07) is 0. The first-order chi connectivity index (χ1) is 9.51. The van der Waals surface area contributed by atoms with Crippen molar-refractivity contribution in [1.29, 1.82) is 0 Å². The standard InChI is InChI=1S/C11H10N2O4.C2H6O/c1-4-7-9(12-2)10(15)6(5-14)8(13-7)11(16)17-3;1-3-2/h4-5H,1-2H2,3H3,(H,13,15);1-2H3. The molecule has 108 valence electrons. The average Bonchev–Trinajstić information content (AvgIpc) is 2.46. The van der Waals surface area contributed by atoms with Gasteiger partial charge in [0.05, 0.1) is 18.4 Å². The normalized spacial score (nSPS) is 8.95. The maximum Gasteiger partial charge on any atom is 0.355 e. The van der Waals surface area contributed by atoms with Crippen LogP contribution in [0, 0.1) is 0 Å². The highest BCUT2D eigenvalue weighted by atomic mass is 16.5. The molecule has 0 spiro atoms. The first kappa shape index (κ1) is 17.5. The van der Waals surface area contributed by atoms with Crippen molar-refractivity contribution >= 4 is 30.7 Å². The van der Waals surface area contributed by atoms with Gasteiger partial charge in [-0.05, 0) is 12.8 Å². The van der Waals surface area contributed by atoms with Crippen LogP contribution in [0.4, 0.5) is 5.69 Å². The summed E-state index contributed by atoms with van der Waals surface area (Å²) in [7, 11) is 4.39. The molecule has 7 heteroatoms. The van der Waals surface area contributed by atoms with E-state index < -0.39 is 11.4 Å². The number of pyridine rings is 1. The van der Waals surface area contributed by atoms with Crippen LogP contribution in [0.3, 0.4) is 0 Å². The Labute approximate surface area is 115 Å². The van der Waals surface area contributed by atoms with Crippen molar-refractivity contribution in [3.63, 3.8) is 0 Å². The van der Waals surface area contributed by atoms with E-state index in [0.717, 1.165) is 7.11 Å². The van der Waals surface area contributed by atoms with Gasteiger partial charge in [0.2, 0.25) is 5.43 Å². The molecular weight excluding hydrogens is 264 g/mol. The number of carbonyl (C=O) groups is 2. The molecule has 1 aromatic rings. The molecule has 0 bridgehead atoms. The van der Waals surface area contributed by atoms with Gasteiger partial charge >= 0.3 is 5.97 Å². The summed E-state index contributed by atoms with van der Waals surface area (Å²) in [6.07, 6.45) is 1.57. The van der Waals surface area contributed by atoms with Gasteiger partial charge in [-0.3, -0.25) is 14.6 Å².